The fourth-order valence-electron chi connectivity index (χ4n) is 3.66. The number of aryl methyl sites for hydroxylation is 1. The lowest BCUT2D eigenvalue weighted by Crippen LogP contribution is -2.44. The molecule has 2 amide bonds. The third-order valence-electron chi connectivity index (χ3n) is 5.24. The zero-order chi connectivity index (χ0) is 23.8. The van der Waals surface area contributed by atoms with Gasteiger partial charge in [0, 0.05) is 13.1 Å². The Balaban J connectivity index is 1.79. The van der Waals surface area contributed by atoms with Crippen LogP contribution >= 0.6 is 11.6 Å². The number of furan rings is 1. The molecule has 5 nitrogen and oxygen atoms in total. The second kappa shape index (κ2) is 11.7. The molecule has 1 unspecified atom stereocenters. The van der Waals surface area contributed by atoms with Crippen LogP contribution in [0.25, 0.3) is 0 Å². The Kier molecular flexibility index (Phi) is 8.72. The lowest BCUT2D eigenvalue weighted by molar-refractivity contribution is -0.141. The number of rotatable bonds is 10. The predicted octanol–water partition coefficient (Wildman–Crippen LogP) is 5.58. The SMILES string of the molecule is Cc1ccc(CN(Cc2ccccc2)C(=O)CN(CC(C)C)C(=O)C(Cl)c2ccccc2)o1. The average molecular weight is 467 g/mol. The van der Waals surface area contributed by atoms with Crippen LogP contribution < -0.4 is 0 Å². The van der Waals surface area contributed by atoms with Gasteiger partial charge in [0.2, 0.25) is 11.8 Å². The molecule has 0 saturated heterocycles. The van der Waals surface area contributed by atoms with E-state index in [0.29, 0.717) is 25.4 Å². The van der Waals surface area contributed by atoms with Crippen LogP contribution in [0, 0.1) is 12.8 Å². The number of carbonyl (C=O) groups is 2. The van der Waals surface area contributed by atoms with Gasteiger partial charge in [-0.05, 0) is 36.1 Å². The van der Waals surface area contributed by atoms with Gasteiger partial charge in [-0.3, -0.25) is 9.59 Å². The van der Waals surface area contributed by atoms with Crippen LogP contribution in [0.1, 0.15) is 41.9 Å². The highest BCUT2D eigenvalue weighted by Gasteiger charge is 2.28. The highest BCUT2D eigenvalue weighted by atomic mass is 35.5. The number of carbonyl (C=O) groups excluding carboxylic acids is 2. The first-order chi connectivity index (χ1) is 15.8. The Labute approximate surface area is 201 Å². The molecule has 0 bridgehead atoms. The number of hydrogen-bond donors (Lipinski definition) is 0. The fourth-order valence-corrected chi connectivity index (χ4v) is 3.94. The summed E-state index contributed by atoms with van der Waals surface area (Å²) in [6.07, 6.45) is 0. The molecule has 0 aliphatic carbocycles. The molecular formula is C27H31ClN2O3. The lowest BCUT2D eigenvalue weighted by atomic mass is 10.1. The van der Waals surface area contributed by atoms with E-state index in [1.165, 1.54) is 0 Å². The first kappa shape index (κ1) is 24.6. The van der Waals surface area contributed by atoms with Crippen LogP contribution in [0.15, 0.2) is 77.2 Å². The van der Waals surface area contributed by atoms with Crippen molar-refractivity contribution >= 4 is 23.4 Å². The number of hydrogen-bond acceptors (Lipinski definition) is 3. The molecule has 0 radical (unpaired) electrons. The molecule has 1 atom stereocenters. The zero-order valence-electron chi connectivity index (χ0n) is 19.4. The summed E-state index contributed by atoms with van der Waals surface area (Å²) in [5.41, 5.74) is 1.73. The molecule has 33 heavy (non-hydrogen) atoms. The average Bonchev–Trinajstić information content (AvgIpc) is 3.22. The topological polar surface area (TPSA) is 53.8 Å². The van der Waals surface area contributed by atoms with Gasteiger partial charge >= 0.3 is 0 Å². The number of alkyl halides is 1. The van der Waals surface area contributed by atoms with Gasteiger partial charge in [-0.15, -0.1) is 11.6 Å². The minimum absolute atomic E-state index is 0.0421. The fraction of sp³-hybridized carbons (Fsp3) is 0.333. The van der Waals surface area contributed by atoms with E-state index in [0.717, 1.165) is 16.9 Å². The Bertz CT molecular complexity index is 1030. The molecule has 0 saturated carbocycles. The molecular weight excluding hydrogens is 436 g/mol. The Hall–Kier alpha value is -3.05. The summed E-state index contributed by atoms with van der Waals surface area (Å²) in [4.78, 5) is 30.0. The second-order valence-electron chi connectivity index (χ2n) is 8.63. The van der Waals surface area contributed by atoms with Crippen LogP contribution in [0.2, 0.25) is 0 Å². The monoisotopic (exact) mass is 466 g/mol. The highest BCUT2D eigenvalue weighted by molar-refractivity contribution is 6.30. The van der Waals surface area contributed by atoms with Crippen molar-refractivity contribution in [3.05, 3.63) is 95.4 Å². The van der Waals surface area contributed by atoms with Crippen molar-refractivity contribution < 1.29 is 14.0 Å². The zero-order valence-corrected chi connectivity index (χ0v) is 20.2. The van der Waals surface area contributed by atoms with E-state index in [2.05, 4.69) is 0 Å². The van der Waals surface area contributed by atoms with Gasteiger partial charge in [0.1, 0.15) is 16.9 Å². The summed E-state index contributed by atoms with van der Waals surface area (Å²) >= 11 is 6.53. The maximum absolute atomic E-state index is 13.5. The van der Waals surface area contributed by atoms with Gasteiger partial charge in [-0.1, -0.05) is 74.5 Å². The first-order valence-corrected chi connectivity index (χ1v) is 11.6. The summed E-state index contributed by atoms with van der Waals surface area (Å²) in [7, 11) is 0. The summed E-state index contributed by atoms with van der Waals surface area (Å²) in [5.74, 6) is 1.27. The van der Waals surface area contributed by atoms with Crippen molar-refractivity contribution in [1.82, 2.24) is 9.80 Å². The van der Waals surface area contributed by atoms with Crippen LogP contribution in [-0.2, 0) is 22.7 Å². The summed E-state index contributed by atoms with van der Waals surface area (Å²) in [5, 5.41) is -0.840. The third kappa shape index (κ3) is 7.22. The van der Waals surface area contributed by atoms with Crippen LogP contribution in [0.3, 0.4) is 0 Å². The molecule has 174 valence electrons. The Morgan fingerprint density at radius 2 is 1.52 bits per heavy atom. The standard InChI is InChI=1S/C27H31ClN2O3/c1-20(2)16-30(27(32)26(28)23-12-8-5-9-13-23)19-25(31)29(17-22-10-6-4-7-11-22)18-24-15-14-21(3)33-24/h4-15,20,26H,16-19H2,1-3H3. The molecule has 0 N–H and O–H groups in total. The molecule has 0 spiro atoms. The van der Waals surface area contributed by atoms with E-state index in [1.54, 1.807) is 9.80 Å². The maximum atomic E-state index is 13.5. The largest absolute Gasteiger partial charge is 0.464 e. The number of benzene rings is 2. The molecule has 0 fully saturated rings. The van der Waals surface area contributed by atoms with Crippen molar-refractivity contribution in [2.75, 3.05) is 13.1 Å². The first-order valence-electron chi connectivity index (χ1n) is 11.2. The van der Waals surface area contributed by atoms with Crippen molar-refractivity contribution in [3.8, 4) is 0 Å². The Morgan fingerprint density at radius 3 is 2.09 bits per heavy atom. The van der Waals surface area contributed by atoms with Crippen molar-refractivity contribution in [1.29, 1.82) is 0 Å². The molecule has 3 rings (SSSR count). The molecule has 6 heteroatoms. The van der Waals surface area contributed by atoms with Gasteiger partial charge in [0.05, 0.1) is 13.1 Å². The van der Waals surface area contributed by atoms with Gasteiger partial charge in [0.25, 0.3) is 0 Å². The molecule has 3 aromatic rings. The minimum atomic E-state index is -0.840. The van der Waals surface area contributed by atoms with Crippen LogP contribution in [-0.4, -0.2) is 34.7 Å². The molecule has 0 aliphatic rings. The van der Waals surface area contributed by atoms with E-state index < -0.39 is 5.38 Å². The van der Waals surface area contributed by atoms with Crippen LogP contribution in [0.5, 0.6) is 0 Å². The molecule has 1 aromatic heterocycles. The molecule has 2 aromatic carbocycles. The van der Waals surface area contributed by atoms with Gasteiger partial charge in [0.15, 0.2) is 0 Å². The van der Waals surface area contributed by atoms with Gasteiger partial charge in [-0.25, -0.2) is 0 Å². The van der Waals surface area contributed by atoms with Crippen molar-refractivity contribution in [2.24, 2.45) is 5.92 Å². The Morgan fingerprint density at radius 1 is 0.879 bits per heavy atom. The second-order valence-corrected chi connectivity index (χ2v) is 9.07. The van der Waals surface area contributed by atoms with Crippen LogP contribution in [0.4, 0.5) is 0 Å². The summed E-state index contributed by atoms with van der Waals surface area (Å²) < 4.78 is 5.72. The lowest BCUT2D eigenvalue weighted by Gasteiger charge is -2.29. The summed E-state index contributed by atoms with van der Waals surface area (Å²) in [6, 6.07) is 22.8. The van der Waals surface area contributed by atoms with E-state index in [1.807, 2.05) is 93.6 Å². The third-order valence-corrected chi connectivity index (χ3v) is 5.68. The maximum Gasteiger partial charge on any atom is 0.245 e. The minimum Gasteiger partial charge on any atom is -0.464 e. The normalized spacial score (nSPS) is 11.9. The van der Waals surface area contributed by atoms with E-state index >= 15 is 0 Å². The van der Waals surface area contributed by atoms with Gasteiger partial charge < -0.3 is 14.2 Å². The predicted molar refractivity (Wildman–Crippen MR) is 131 cm³/mol. The highest BCUT2D eigenvalue weighted by Crippen LogP contribution is 2.24. The molecule has 0 aliphatic heterocycles. The smallest absolute Gasteiger partial charge is 0.245 e. The van der Waals surface area contributed by atoms with Gasteiger partial charge in [-0.2, -0.15) is 0 Å². The van der Waals surface area contributed by atoms with Crippen molar-refractivity contribution in [2.45, 2.75) is 39.2 Å². The molecule has 1 heterocycles. The number of amides is 2. The van der Waals surface area contributed by atoms with Crippen molar-refractivity contribution in [3.63, 3.8) is 0 Å². The van der Waals surface area contributed by atoms with E-state index in [4.69, 9.17) is 16.0 Å². The summed E-state index contributed by atoms with van der Waals surface area (Å²) in [6.45, 7) is 7.06. The van der Waals surface area contributed by atoms with E-state index in [-0.39, 0.29) is 24.3 Å². The van der Waals surface area contributed by atoms with E-state index in [9.17, 15) is 9.59 Å². The number of nitrogens with zero attached hydrogens (tertiary/aromatic N) is 2. The number of halogens is 1. The quantitative estimate of drug-likeness (QED) is 0.366.